The van der Waals surface area contributed by atoms with Gasteiger partial charge in [0, 0.05) is 73.1 Å². The minimum absolute atomic E-state index is 0.0240. The predicted molar refractivity (Wildman–Crippen MR) is 241 cm³/mol. The van der Waals surface area contributed by atoms with Gasteiger partial charge in [-0.3, -0.25) is 34.2 Å². The molecule has 0 aliphatic carbocycles. The molecule has 5 aliphatic rings. The highest BCUT2D eigenvalue weighted by molar-refractivity contribution is 7.13. The van der Waals surface area contributed by atoms with Crippen LogP contribution in [0.2, 0.25) is 0 Å². The Morgan fingerprint density at radius 3 is 2.45 bits per heavy atom. The van der Waals surface area contributed by atoms with Crippen LogP contribution in [0.5, 0.6) is 5.75 Å². The number of ketones is 1. The fourth-order valence-electron chi connectivity index (χ4n) is 9.95. The molecule has 0 radical (unpaired) electrons. The first-order valence-electron chi connectivity index (χ1n) is 22.5. The fraction of sp³-hybridized carbons (Fsp3) is 0.396. The number of ether oxygens (including phenoxy) is 1. The monoisotopic (exact) mass is 917 g/mol. The molecule has 3 fully saturated rings. The molecular weight excluding hydrogens is 869 g/mol. The molecule has 3 aromatic carbocycles. The van der Waals surface area contributed by atoms with Crippen molar-refractivity contribution < 1.29 is 37.5 Å². The SMILES string of the molecule is O=C1CC(=O)C(Nc2ccc(C3CCN(CC(=O)N4CCC(Oc5ccc(-c6cc(F)c7c(c6)C(=O)N(C(C(=O)Nc6nccs6)c6ncn8c6CCC8)C7)cc5)CC4)CC3)c(F)c2)CN1. The summed E-state index contributed by atoms with van der Waals surface area (Å²) in [6.45, 7) is 3.67. The summed E-state index contributed by atoms with van der Waals surface area (Å²) in [5.74, 6) is -1.55. The number of halogens is 2. The molecule has 0 saturated carbocycles. The number of fused-ring (bicyclic) bond motifs is 2. The van der Waals surface area contributed by atoms with E-state index in [1.165, 1.54) is 28.4 Å². The largest absolute Gasteiger partial charge is 0.490 e. The van der Waals surface area contributed by atoms with Gasteiger partial charge in [-0.05, 0) is 97.8 Å². The first kappa shape index (κ1) is 43.4. The molecule has 5 aromatic rings. The van der Waals surface area contributed by atoms with E-state index in [0.29, 0.717) is 84.5 Å². The number of likely N-dealkylation sites (tertiary alicyclic amines) is 2. The van der Waals surface area contributed by atoms with E-state index in [2.05, 4.69) is 30.8 Å². The van der Waals surface area contributed by atoms with Gasteiger partial charge in [-0.1, -0.05) is 18.2 Å². The van der Waals surface area contributed by atoms with Gasteiger partial charge in [0.05, 0.1) is 31.5 Å². The van der Waals surface area contributed by atoms with Crippen molar-refractivity contribution in [1.29, 1.82) is 0 Å². The fourth-order valence-corrected chi connectivity index (χ4v) is 10.5. The number of carbonyl (C=O) groups is 5. The maximum atomic E-state index is 15.9. The Morgan fingerprint density at radius 1 is 0.909 bits per heavy atom. The van der Waals surface area contributed by atoms with Crippen LogP contribution in [0.3, 0.4) is 0 Å². The Labute approximate surface area is 383 Å². The summed E-state index contributed by atoms with van der Waals surface area (Å²) in [4.78, 5) is 79.1. The van der Waals surface area contributed by atoms with Crippen molar-refractivity contribution in [3.8, 4) is 16.9 Å². The Morgan fingerprint density at radius 2 is 1.71 bits per heavy atom. The third kappa shape index (κ3) is 8.90. The van der Waals surface area contributed by atoms with Crippen molar-refractivity contribution >= 4 is 51.6 Å². The molecule has 0 bridgehead atoms. The number of aromatic nitrogens is 3. The molecule has 4 amide bonds. The molecule has 2 unspecified atom stereocenters. The molecule has 3 N–H and O–H groups in total. The lowest BCUT2D eigenvalue weighted by Gasteiger charge is -2.36. The molecule has 7 heterocycles. The quantitative estimate of drug-likeness (QED) is 0.132. The summed E-state index contributed by atoms with van der Waals surface area (Å²) >= 11 is 1.27. The predicted octanol–water partition coefficient (Wildman–Crippen LogP) is 5.69. The van der Waals surface area contributed by atoms with Crippen molar-refractivity contribution in [1.82, 2.24) is 34.6 Å². The normalized spacial score (nSPS) is 19.7. The first-order chi connectivity index (χ1) is 32.0. The maximum Gasteiger partial charge on any atom is 0.255 e. The van der Waals surface area contributed by atoms with Gasteiger partial charge >= 0.3 is 0 Å². The number of rotatable bonds is 12. The Balaban J connectivity index is 0.706. The number of thiazole rings is 1. The van der Waals surface area contributed by atoms with Gasteiger partial charge in [0.2, 0.25) is 11.8 Å². The highest BCUT2D eigenvalue weighted by atomic mass is 32.1. The topological polar surface area (TPSA) is 171 Å². The number of nitrogens with zero attached hydrogens (tertiary/aromatic N) is 6. The Hall–Kier alpha value is -6.53. The van der Waals surface area contributed by atoms with Crippen LogP contribution < -0.4 is 20.7 Å². The molecular formula is C48H49F2N9O6S. The number of imidazole rings is 1. The van der Waals surface area contributed by atoms with Crippen molar-refractivity contribution in [3.05, 3.63) is 112 Å². The lowest BCUT2D eigenvalue weighted by Crippen LogP contribution is -2.48. The number of carbonyl (C=O) groups excluding carboxylic acids is 5. The number of hydrogen-bond acceptors (Lipinski definition) is 11. The zero-order chi connectivity index (χ0) is 45.5. The zero-order valence-electron chi connectivity index (χ0n) is 36.1. The molecule has 10 rings (SSSR count). The van der Waals surface area contributed by atoms with Crippen molar-refractivity contribution in [2.45, 2.75) is 82.1 Å². The van der Waals surface area contributed by atoms with Gasteiger partial charge in [-0.25, -0.2) is 18.7 Å². The van der Waals surface area contributed by atoms with Crippen molar-refractivity contribution in [2.75, 3.05) is 49.9 Å². The third-order valence-corrected chi connectivity index (χ3v) is 14.2. The van der Waals surface area contributed by atoms with E-state index in [-0.39, 0.29) is 66.1 Å². The molecule has 18 heteroatoms. The van der Waals surface area contributed by atoms with Crippen LogP contribution in [0, 0.1) is 11.6 Å². The summed E-state index contributed by atoms with van der Waals surface area (Å²) in [5, 5.41) is 10.7. The van der Waals surface area contributed by atoms with Crippen LogP contribution in [-0.2, 0) is 38.7 Å². The number of anilines is 2. The average Bonchev–Trinajstić information content (AvgIpc) is 4.14. The molecule has 66 heavy (non-hydrogen) atoms. The van der Waals surface area contributed by atoms with E-state index >= 15 is 8.78 Å². The lowest BCUT2D eigenvalue weighted by molar-refractivity contribution is -0.134. The van der Waals surface area contributed by atoms with Crippen LogP contribution in [-0.4, -0.2) is 110 Å². The maximum absolute atomic E-state index is 15.9. The second-order valence-electron chi connectivity index (χ2n) is 17.7. The molecule has 2 atom stereocenters. The van der Waals surface area contributed by atoms with Gasteiger partial charge in [0.1, 0.15) is 29.5 Å². The van der Waals surface area contributed by atoms with Gasteiger partial charge in [-0.15, -0.1) is 11.3 Å². The van der Waals surface area contributed by atoms with Gasteiger partial charge in [0.25, 0.3) is 11.8 Å². The number of amides is 4. The van der Waals surface area contributed by atoms with E-state index in [4.69, 9.17) is 4.74 Å². The minimum atomic E-state index is -1.07. The van der Waals surface area contributed by atoms with Gasteiger partial charge in [-0.2, -0.15) is 0 Å². The summed E-state index contributed by atoms with van der Waals surface area (Å²) in [6.07, 6.45) is 7.43. The van der Waals surface area contributed by atoms with Gasteiger partial charge in [0.15, 0.2) is 17.0 Å². The van der Waals surface area contributed by atoms with Crippen molar-refractivity contribution in [3.63, 3.8) is 0 Å². The third-order valence-electron chi connectivity index (χ3n) is 13.5. The summed E-state index contributed by atoms with van der Waals surface area (Å²) in [7, 11) is 0. The van der Waals surface area contributed by atoms with E-state index in [9.17, 15) is 24.0 Å². The summed E-state index contributed by atoms with van der Waals surface area (Å²) in [5.41, 5.74) is 4.18. The molecule has 15 nitrogen and oxygen atoms in total. The minimum Gasteiger partial charge on any atom is -0.490 e. The highest BCUT2D eigenvalue weighted by Gasteiger charge is 2.42. The second kappa shape index (κ2) is 18.4. The standard InChI is InChI=1S/C48H49F2N9O6S/c49-37-21-30(20-35-36(37)25-59(47(35)64)45(46(63)55-48-51-13-19-66-48)44-40-2-1-14-58(40)27-53-44)28-3-6-32(7-4-28)65-33-11-17-57(18-12-33)43(62)26-56-15-9-29(10-16-56)34-8-5-31(22-38(34)50)54-39-24-52-42(61)23-41(39)60/h3-8,13,19-22,27,29,33,39,45,54H,1-2,9-12,14-18,23-26H2,(H,52,61)(H,51,55,63). The highest BCUT2D eigenvalue weighted by Crippen LogP contribution is 2.38. The number of nitrogens with one attached hydrogen (secondary N) is 3. The van der Waals surface area contributed by atoms with Crippen LogP contribution in [0.4, 0.5) is 19.6 Å². The molecule has 2 aromatic heterocycles. The first-order valence-corrected chi connectivity index (χ1v) is 23.4. The molecule has 342 valence electrons. The van der Waals surface area contributed by atoms with Crippen LogP contribution >= 0.6 is 11.3 Å². The lowest BCUT2D eigenvalue weighted by atomic mass is 9.89. The van der Waals surface area contributed by atoms with Crippen molar-refractivity contribution in [2.24, 2.45) is 0 Å². The molecule has 0 spiro atoms. The van der Waals surface area contributed by atoms with Crippen LogP contribution in [0.25, 0.3) is 11.1 Å². The number of aryl methyl sites for hydroxylation is 1. The summed E-state index contributed by atoms with van der Waals surface area (Å²) in [6, 6.07) is 13.7. The molecule has 5 aliphatic heterocycles. The van der Waals surface area contributed by atoms with E-state index < -0.39 is 29.7 Å². The number of piperidine rings is 3. The zero-order valence-corrected chi connectivity index (χ0v) is 37.0. The van der Waals surface area contributed by atoms with E-state index in [0.717, 1.165) is 37.9 Å². The average molecular weight is 918 g/mol. The van der Waals surface area contributed by atoms with Gasteiger partial charge < -0.3 is 29.7 Å². The van der Waals surface area contributed by atoms with Crippen LogP contribution in [0.1, 0.15) is 83.4 Å². The molecule has 3 saturated heterocycles. The Kier molecular flexibility index (Phi) is 12.1. The second-order valence-corrected chi connectivity index (χ2v) is 18.6. The summed E-state index contributed by atoms with van der Waals surface area (Å²) < 4.78 is 39.5. The Bertz CT molecular complexity index is 2680. The van der Waals surface area contributed by atoms with E-state index in [1.807, 2.05) is 33.7 Å². The number of Topliss-reactive ketones (excluding diaryl/α,β-unsaturated/α-hetero) is 1. The van der Waals surface area contributed by atoms with E-state index in [1.54, 1.807) is 36.1 Å². The smallest absolute Gasteiger partial charge is 0.255 e. The number of benzene rings is 3. The number of hydrogen-bond donors (Lipinski definition) is 3. The van der Waals surface area contributed by atoms with Crippen LogP contribution in [0.15, 0.2) is 72.5 Å².